The zero-order valence-electron chi connectivity index (χ0n) is 10.3. The fraction of sp³-hybridized carbons (Fsp3) is 0.538. The van der Waals surface area contributed by atoms with Gasteiger partial charge in [-0.2, -0.15) is 13.2 Å². The van der Waals surface area contributed by atoms with E-state index in [-0.39, 0.29) is 6.04 Å². The zero-order valence-corrected chi connectivity index (χ0v) is 10.3. The first kappa shape index (κ1) is 13.2. The van der Waals surface area contributed by atoms with Crippen LogP contribution in [0.3, 0.4) is 0 Å². The van der Waals surface area contributed by atoms with Crippen LogP contribution in [0, 0.1) is 0 Å². The minimum Gasteiger partial charge on any atom is -0.366 e. The van der Waals surface area contributed by atoms with Gasteiger partial charge in [0.2, 0.25) is 0 Å². The summed E-state index contributed by atoms with van der Waals surface area (Å²) in [5.41, 5.74) is -0.233. The number of halogens is 3. The largest absolute Gasteiger partial charge is 0.418 e. The van der Waals surface area contributed by atoms with Crippen LogP contribution in [0.4, 0.5) is 18.9 Å². The van der Waals surface area contributed by atoms with Crippen molar-refractivity contribution < 1.29 is 13.2 Å². The number of alkyl halides is 3. The number of para-hydroxylation sites is 1. The molecule has 2 rings (SSSR count). The molecule has 5 heteroatoms. The van der Waals surface area contributed by atoms with Crippen LogP contribution in [0.5, 0.6) is 0 Å². The lowest BCUT2D eigenvalue weighted by Gasteiger charge is -2.38. The van der Waals surface area contributed by atoms with Gasteiger partial charge in [-0.25, -0.2) is 0 Å². The highest BCUT2D eigenvalue weighted by Crippen LogP contribution is 2.37. The Morgan fingerprint density at radius 3 is 2.72 bits per heavy atom. The molecule has 1 atom stereocenters. The minimum absolute atomic E-state index is 0.127. The van der Waals surface area contributed by atoms with Gasteiger partial charge in [-0.3, -0.25) is 0 Å². The van der Waals surface area contributed by atoms with Crippen molar-refractivity contribution in [2.24, 2.45) is 0 Å². The molecule has 1 aromatic rings. The molecule has 0 bridgehead atoms. The van der Waals surface area contributed by atoms with Crippen LogP contribution in [0.2, 0.25) is 0 Å². The molecule has 0 saturated carbocycles. The first-order chi connectivity index (χ1) is 8.54. The molecule has 0 aliphatic carbocycles. The van der Waals surface area contributed by atoms with E-state index in [1.54, 1.807) is 12.1 Å². The number of nitrogens with one attached hydrogen (secondary N) is 1. The summed E-state index contributed by atoms with van der Waals surface area (Å²) in [6.45, 7) is 4.08. The van der Waals surface area contributed by atoms with Crippen LogP contribution in [-0.2, 0) is 6.18 Å². The average Bonchev–Trinajstić information content (AvgIpc) is 2.37. The standard InChI is InChI=1S/C13H17F3N2/c1-2-10-9-17-7-8-18(10)12-6-4-3-5-11(12)13(14,15)16/h3-6,10,17H,2,7-9H2,1H3. The first-order valence-corrected chi connectivity index (χ1v) is 6.17. The normalized spacial score (nSPS) is 21.1. The van der Waals surface area contributed by atoms with Crippen molar-refractivity contribution in [2.75, 3.05) is 24.5 Å². The van der Waals surface area contributed by atoms with Crippen molar-refractivity contribution in [2.45, 2.75) is 25.6 Å². The van der Waals surface area contributed by atoms with E-state index in [4.69, 9.17) is 0 Å². The molecule has 2 nitrogen and oxygen atoms in total. The molecular formula is C13H17F3N2. The molecule has 0 amide bonds. The molecule has 1 aromatic carbocycles. The number of benzene rings is 1. The molecule has 1 aliphatic rings. The van der Waals surface area contributed by atoms with Gasteiger partial charge < -0.3 is 10.2 Å². The quantitative estimate of drug-likeness (QED) is 0.877. The van der Waals surface area contributed by atoms with Gasteiger partial charge in [0, 0.05) is 31.4 Å². The van der Waals surface area contributed by atoms with Gasteiger partial charge in [0.25, 0.3) is 0 Å². The molecule has 1 N–H and O–H groups in total. The molecule has 100 valence electrons. The van der Waals surface area contributed by atoms with Crippen molar-refractivity contribution in [3.05, 3.63) is 29.8 Å². The van der Waals surface area contributed by atoms with Gasteiger partial charge in [-0.1, -0.05) is 19.1 Å². The number of piperazine rings is 1. The summed E-state index contributed by atoms with van der Waals surface area (Å²) in [6, 6.07) is 5.96. The lowest BCUT2D eigenvalue weighted by atomic mass is 10.1. The molecule has 0 spiro atoms. The molecule has 18 heavy (non-hydrogen) atoms. The van der Waals surface area contributed by atoms with Crippen molar-refractivity contribution in [3.63, 3.8) is 0 Å². The average molecular weight is 258 g/mol. The smallest absolute Gasteiger partial charge is 0.366 e. The van der Waals surface area contributed by atoms with E-state index in [2.05, 4.69) is 5.32 Å². The fourth-order valence-corrected chi connectivity index (χ4v) is 2.41. The topological polar surface area (TPSA) is 15.3 Å². The molecule has 1 aliphatic heterocycles. The highest BCUT2D eigenvalue weighted by molar-refractivity contribution is 5.56. The number of rotatable bonds is 2. The van der Waals surface area contributed by atoms with Gasteiger partial charge in [0.15, 0.2) is 0 Å². The van der Waals surface area contributed by atoms with Crippen molar-refractivity contribution >= 4 is 5.69 Å². The summed E-state index contributed by atoms with van der Waals surface area (Å²) in [5, 5.41) is 3.22. The van der Waals surface area contributed by atoms with Gasteiger partial charge >= 0.3 is 6.18 Å². The van der Waals surface area contributed by atoms with Crippen LogP contribution in [-0.4, -0.2) is 25.7 Å². The maximum Gasteiger partial charge on any atom is 0.418 e. The Morgan fingerprint density at radius 1 is 1.33 bits per heavy atom. The van der Waals surface area contributed by atoms with Crippen LogP contribution in [0.1, 0.15) is 18.9 Å². The van der Waals surface area contributed by atoms with Gasteiger partial charge in [-0.05, 0) is 18.6 Å². The van der Waals surface area contributed by atoms with E-state index >= 15 is 0 Å². The van der Waals surface area contributed by atoms with E-state index in [1.807, 2.05) is 11.8 Å². The van der Waals surface area contributed by atoms with Crippen molar-refractivity contribution in [1.82, 2.24) is 5.32 Å². The molecular weight excluding hydrogens is 241 g/mol. The van der Waals surface area contributed by atoms with Crippen LogP contribution < -0.4 is 10.2 Å². The second kappa shape index (κ2) is 5.18. The van der Waals surface area contributed by atoms with Crippen molar-refractivity contribution in [1.29, 1.82) is 0 Å². The lowest BCUT2D eigenvalue weighted by molar-refractivity contribution is -0.137. The Labute approximate surface area is 105 Å². The summed E-state index contributed by atoms with van der Waals surface area (Å²) in [5.74, 6) is 0. The summed E-state index contributed by atoms with van der Waals surface area (Å²) in [6.07, 6.45) is -3.46. The van der Waals surface area contributed by atoms with E-state index in [0.29, 0.717) is 12.2 Å². The highest BCUT2D eigenvalue weighted by atomic mass is 19.4. The zero-order chi connectivity index (χ0) is 13.2. The predicted molar refractivity (Wildman–Crippen MR) is 65.7 cm³/mol. The third-order valence-electron chi connectivity index (χ3n) is 3.34. The molecule has 1 unspecified atom stereocenters. The monoisotopic (exact) mass is 258 g/mol. The van der Waals surface area contributed by atoms with E-state index in [0.717, 1.165) is 25.6 Å². The second-order valence-corrected chi connectivity index (χ2v) is 4.47. The molecule has 0 aromatic heterocycles. The van der Waals surface area contributed by atoms with E-state index in [9.17, 15) is 13.2 Å². The van der Waals surface area contributed by atoms with Gasteiger partial charge in [0.1, 0.15) is 0 Å². The summed E-state index contributed by atoms with van der Waals surface area (Å²) in [4.78, 5) is 1.87. The van der Waals surface area contributed by atoms with E-state index in [1.165, 1.54) is 6.07 Å². The Kier molecular flexibility index (Phi) is 3.80. The lowest BCUT2D eigenvalue weighted by Crippen LogP contribution is -2.51. The van der Waals surface area contributed by atoms with Crippen LogP contribution >= 0.6 is 0 Å². The van der Waals surface area contributed by atoms with Crippen LogP contribution in [0.15, 0.2) is 24.3 Å². The Bertz CT molecular complexity index is 403. The first-order valence-electron chi connectivity index (χ1n) is 6.17. The summed E-state index contributed by atoms with van der Waals surface area (Å²) in [7, 11) is 0. The molecule has 0 radical (unpaired) electrons. The SMILES string of the molecule is CCC1CNCCN1c1ccccc1C(F)(F)F. The molecule has 1 saturated heterocycles. The maximum atomic E-state index is 13.0. The maximum absolute atomic E-state index is 13.0. The van der Waals surface area contributed by atoms with Gasteiger partial charge in [-0.15, -0.1) is 0 Å². The minimum atomic E-state index is -4.29. The number of nitrogens with zero attached hydrogens (tertiary/aromatic N) is 1. The summed E-state index contributed by atoms with van der Waals surface area (Å²) < 4.78 is 39.0. The number of hydrogen-bond acceptors (Lipinski definition) is 2. The third-order valence-corrected chi connectivity index (χ3v) is 3.34. The van der Waals surface area contributed by atoms with Crippen LogP contribution in [0.25, 0.3) is 0 Å². The fourth-order valence-electron chi connectivity index (χ4n) is 2.41. The van der Waals surface area contributed by atoms with Gasteiger partial charge in [0.05, 0.1) is 5.56 Å². The summed E-state index contributed by atoms with van der Waals surface area (Å²) >= 11 is 0. The van der Waals surface area contributed by atoms with Crippen molar-refractivity contribution in [3.8, 4) is 0 Å². The van der Waals surface area contributed by atoms with E-state index < -0.39 is 11.7 Å². The predicted octanol–water partition coefficient (Wildman–Crippen LogP) is 2.89. The highest BCUT2D eigenvalue weighted by Gasteiger charge is 2.36. The Hall–Kier alpha value is -1.23. The Balaban J connectivity index is 2.37. The number of hydrogen-bond donors (Lipinski definition) is 1. The second-order valence-electron chi connectivity index (χ2n) is 4.47. The molecule has 1 fully saturated rings. The Morgan fingerprint density at radius 2 is 2.06 bits per heavy atom. The third kappa shape index (κ3) is 2.61. The number of anilines is 1. The molecule has 1 heterocycles.